The lowest BCUT2D eigenvalue weighted by atomic mass is 10.2. The number of anilines is 1. The highest BCUT2D eigenvalue weighted by atomic mass is 79.9. The Morgan fingerprint density at radius 2 is 1.78 bits per heavy atom. The van der Waals surface area contributed by atoms with Crippen LogP contribution in [0.3, 0.4) is 0 Å². The first-order chi connectivity index (χ1) is 8.47. The first kappa shape index (κ1) is 13.0. The van der Waals surface area contributed by atoms with Crippen molar-refractivity contribution in [2.75, 3.05) is 5.32 Å². The van der Waals surface area contributed by atoms with Gasteiger partial charge in [0.25, 0.3) is 0 Å². The first-order valence-corrected chi connectivity index (χ1v) is 5.89. The second-order valence-corrected chi connectivity index (χ2v) is 4.47. The van der Waals surface area contributed by atoms with Gasteiger partial charge in [0, 0.05) is 5.69 Å². The fourth-order valence-electron chi connectivity index (χ4n) is 1.41. The minimum Gasteiger partial charge on any atom is -0.466 e. The molecule has 1 aromatic carbocycles. The van der Waals surface area contributed by atoms with Gasteiger partial charge in [-0.3, -0.25) is 0 Å². The van der Waals surface area contributed by atoms with Crippen molar-refractivity contribution >= 4 is 21.6 Å². The second-order valence-electron chi connectivity index (χ2n) is 3.62. The molecule has 18 heavy (non-hydrogen) atoms. The number of rotatable bonds is 3. The van der Waals surface area contributed by atoms with Gasteiger partial charge in [0.2, 0.25) is 0 Å². The first-order valence-electron chi connectivity index (χ1n) is 5.10. The Hall–Kier alpha value is -1.43. The van der Waals surface area contributed by atoms with Gasteiger partial charge in [0.15, 0.2) is 0 Å². The van der Waals surface area contributed by atoms with Crippen molar-refractivity contribution in [2.24, 2.45) is 0 Å². The van der Waals surface area contributed by atoms with Crippen LogP contribution in [-0.2, 0) is 12.7 Å². The quantitative estimate of drug-likeness (QED) is 0.889. The van der Waals surface area contributed by atoms with E-state index in [1.165, 1.54) is 18.4 Å². The molecule has 0 aliphatic rings. The van der Waals surface area contributed by atoms with Gasteiger partial charge in [-0.1, -0.05) is 0 Å². The number of nitrogens with one attached hydrogen (secondary N) is 1. The third-order valence-electron chi connectivity index (χ3n) is 2.36. The monoisotopic (exact) mass is 319 g/mol. The lowest BCUT2D eigenvalue weighted by molar-refractivity contribution is -0.137. The molecule has 0 radical (unpaired) electrons. The molecule has 0 saturated heterocycles. The van der Waals surface area contributed by atoms with Crippen LogP contribution in [0.25, 0.3) is 0 Å². The van der Waals surface area contributed by atoms with Crippen molar-refractivity contribution in [2.45, 2.75) is 12.7 Å². The molecule has 1 aromatic heterocycles. The summed E-state index contributed by atoms with van der Waals surface area (Å²) in [6.45, 7) is 0.402. The molecule has 6 heteroatoms. The van der Waals surface area contributed by atoms with Gasteiger partial charge in [-0.25, -0.2) is 0 Å². The molecule has 2 aromatic rings. The molecular formula is C12H9BrF3NO. The Bertz CT molecular complexity index is 519. The van der Waals surface area contributed by atoms with Crippen molar-refractivity contribution in [3.05, 3.63) is 52.4 Å². The fraction of sp³-hybridized carbons (Fsp3) is 0.167. The average molecular weight is 320 g/mol. The van der Waals surface area contributed by atoms with E-state index in [4.69, 9.17) is 4.42 Å². The Kier molecular flexibility index (Phi) is 3.65. The van der Waals surface area contributed by atoms with Crippen LogP contribution in [0.15, 0.2) is 45.5 Å². The number of alkyl halides is 3. The molecule has 0 bridgehead atoms. The van der Waals surface area contributed by atoms with Crippen LogP contribution in [0.2, 0.25) is 0 Å². The Morgan fingerprint density at radius 1 is 1.11 bits per heavy atom. The predicted molar refractivity (Wildman–Crippen MR) is 65.2 cm³/mol. The van der Waals surface area contributed by atoms with Crippen LogP contribution in [0.5, 0.6) is 0 Å². The highest BCUT2D eigenvalue weighted by Crippen LogP contribution is 2.30. The van der Waals surface area contributed by atoms with Crippen LogP contribution in [-0.4, -0.2) is 0 Å². The normalized spacial score (nSPS) is 11.6. The van der Waals surface area contributed by atoms with Crippen molar-refractivity contribution < 1.29 is 17.6 Å². The molecule has 0 spiro atoms. The number of hydrogen-bond donors (Lipinski definition) is 1. The fourth-order valence-corrected chi connectivity index (χ4v) is 1.75. The zero-order valence-corrected chi connectivity index (χ0v) is 10.7. The van der Waals surface area contributed by atoms with E-state index in [0.29, 0.717) is 18.0 Å². The smallest absolute Gasteiger partial charge is 0.416 e. The highest BCUT2D eigenvalue weighted by molar-refractivity contribution is 9.10. The molecule has 0 saturated carbocycles. The molecule has 1 N–H and O–H groups in total. The summed E-state index contributed by atoms with van der Waals surface area (Å²) in [5.74, 6) is 0.690. The van der Waals surface area contributed by atoms with E-state index >= 15 is 0 Å². The van der Waals surface area contributed by atoms with Gasteiger partial charge in [-0.05, 0) is 46.3 Å². The summed E-state index contributed by atoms with van der Waals surface area (Å²) in [5.41, 5.74) is -0.0569. The van der Waals surface area contributed by atoms with Gasteiger partial charge in [0.05, 0.1) is 22.8 Å². The van der Waals surface area contributed by atoms with Gasteiger partial charge < -0.3 is 9.73 Å². The van der Waals surface area contributed by atoms with E-state index < -0.39 is 11.7 Å². The van der Waals surface area contributed by atoms with Gasteiger partial charge in [-0.2, -0.15) is 13.2 Å². The number of benzene rings is 1. The van der Waals surface area contributed by atoms with E-state index in [1.54, 1.807) is 6.07 Å². The van der Waals surface area contributed by atoms with E-state index in [-0.39, 0.29) is 0 Å². The molecule has 1 heterocycles. The van der Waals surface area contributed by atoms with E-state index in [1.807, 2.05) is 0 Å². The second kappa shape index (κ2) is 5.06. The summed E-state index contributed by atoms with van der Waals surface area (Å²) in [7, 11) is 0. The van der Waals surface area contributed by atoms with Gasteiger partial charge in [-0.15, -0.1) is 0 Å². The lowest BCUT2D eigenvalue weighted by Gasteiger charge is -2.08. The highest BCUT2D eigenvalue weighted by Gasteiger charge is 2.29. The number of hydrogen-bond acceptors (Lipinski definition) is 2. The van der Waals surface area contributed by atoms with Crippen molar-refractivity contribution in [3.8, 4) is 0 Å². The van der Waals surface area contributed by atoms with Crippen LogP contribution in [0.4, 0.5) is 18.9 Å². The molecule has 0 fully saturated rings. The molecule has 0 atom stereocenters. The number of furan rings is 1. The van der Waals surface area contributed by atoms with Crippen LogP contribution < -0.4 is 5.32 Å². The molecule has 0 unspecified atom stereocenters. The third-order valence-corrected chi connectivity index (χ3v) is 3.06. The SMILES string of the molecule is FC(F)(F)c1ccc(NCc2occc2Br)cc1. The van der Waals surface area contributed by atoms with E-state index in [2.05, 4.69) is 21.2 Å². The Morgan fingerprint density at radius 3 is 2.28 bits per heavy atom. The topological polar surface area (TPSA) is 25.2 Å². The average Bonchev–Trinajstić information content (AvgIpc) is 2.72. The Labute approximate surface area is 110 Å². The summed E-state index contributed by atoms with van der Waals surface area (Å²) in [4.78, 5) is 0. The van der Waals surface area contributed by atoms with Crippen molar-refractivity contribution in [1.82, 2.24) is 0 Å². The maximum atomic E-state index is 12.3. The minimum absolute atomic E-state index is 0.402. The molecule has 0 aliphatic heterocycles. The molecular weight excluding hydrogens is 311 g/mol. The van der Waals surface area contributed by atoms with Crippen LogP contribution in [0, 0.1) is 0 Å². The summed E-state index contributed by atoms with van der Waals surface area (Å²) in [6, 6.07) is 6.61. The molecule has 2 nitrogen and oxygen atoms in total. The summed E-state index contributed by atoms with van der Waals surface area (Å²) in [5, 5.41) is 2.98. The molecule has 0 aliphatic carbocycles. The maximum Gasteiger partial charge on any atom is 0.416 e. The zero-order valence-electron chi connectivity index (χ0n) is 9.09. The zero-order chi connectivity index (χ0) is 13.2. The van der Waals surface area contributed by atoms with E-state index in [9.17, 15) is 13.2 Å². The number of halogens is 4. The molecule has 96 valence electrons. The van der Waals surface area contributed by atoms with Crippen LogP contribution >= 0.6 is 15.9 Å². The minimum atomic E-state index is -4.30. The third kappa shape index (κ3) is 3.07. The molecule has 2 rings (SSSR count). The lowest BCUT2D eigenvalue weighted by Crippen LogP contribution is -2.05. The maximum absolute atomic E-state index is 12.3. The van der Waals surface area contributed by atoms with Crippen molar-refractivity contribution in [1.29, 1.82) is 0 Å². The standard InChI is InChI=1S/C12H9BrF3NO/c13-10-5-6-18-11(10)7-17-9-3-1-8(2-4-9)12(14,15)16/h1-6,17H,7H2. The van der Waals surface area contributed by atoms with Crippen molar-refractivity contribution in [3.63, 3.8) is 0 Å². The van der Waals surface area contributed by atoms with Gasteiger partial charge in [0.1, 0.15) is 5.76 Å². The summed E-state index contributed by atoms with van der Waals surface area (Å²) >= 11 is 3.30. The van der Waals surface area contributed by atoms with Crippen LogP contribution in [0.1, 0.15) is 11.3 Å². The molecule has 0 amide bonds. The summed E-state index contributed by atoms with van der Waals surface area (Å²) < 4.78 is 43.0. The largest absolute Gasteiger partial charge is 0.466 e. The predicted octanol–water partition coefficient (Wildman–Crippen LogP) is 4.67. The summed E-state index contributed by atoms with van der Waals surface area (Å²) in [6.07, 6.45) is -2.77. The van der Waals surface area contributed by atoms with E-state index in [0.717, 1.165) is 16.6 Å². The Balaban J connectivity index is 2.01. The van der Waals surface area contributed by atoms with Gasteiger partial charge >= 0.3 is 6.18 Å².